The summed E-state index contributed by atoms with van der Waals surface area (Å²) in [6.07, 6.45) is 0.882. The van der Waals surface area contributed by atoms with Crippen molar-refractivity contribution in [3.63, 3.8) is 0 Å². The Morgan fingerprint density at radius 3 is 2.83 bits per heavy atom. The monoisotopic (exact) mass is 322 g/mol. The topological polar surface area (TPSA) is 45.8 Å². The number of halogens is 1. The summed E-state index contributed by atoms with van der Waals surface area (Å²) < 4.78 is 1.02. The molecule has 2 heterocycles. The number of thioether (sulfide) groups is 1. The molecule has 2 aromatic rings. The minimum atomic E-state index is 0.00474. The third kappa shape index (κ3) is 2.24. The van der Waals surface area contributed by atoms with Gasteiger partial charge in [-0.3, -0.25) is 4.79 Å². The molecule has 92 valence electrons. The van der Waals surface area contributed by atoms with Gasteiger partial charge in [0.2, 0.25) is 0 Å². The second-order valence-electron chi connectivity index (χ2n) is 4.15. The van der Waals surface area contributed by atoms with Gasteiger partial charge in [-0.25, -0.2) is 4.98 Å². The van der Waals surface area contributed by atoms with Crippen LogP contribution in [0.25, 0.3) is 11.4 Å². The molecule has 0 atom stereocenters. The van der Waals surface area contributed by atoms with E-state index in [0.29, 0.717) is 5.82 Å². The van der Waals surface area contributed by atoms with E-state index >= 15 is 0 Å². The van der Waals surface area contributed by atoms with Crippen LogP contribution in [-0.4, -0.2) is 15.7 Å². The molecule has 0 amide bonds. The third-order valence-electron chi connectivity index (χ3n) is 2.95. The Balaban J connectivity index is 2.11. The highest BCUT2D eigenvalue weighted by molar-refractivity contribution is 9.10. The van der Waals surface area contributed by atoms with Crippen LogP contribution < -0.4 is 5.56 Å². The molecule has 0 saturated heterocycles. The van der Waals surface area contributed by atoms with Crippen LogP contribution in [0.4, 0.5) is 0 Å². The van der Waals surface area contributed by atoms with Gasteiger partial charge in [-0.2, -0.15) is 11.8 Å². The summed E-state index contributed by atoms with van der Waals surface area (Å²) in [7, 11) is 0. The molecule has 0 radical (unpaired) electrons. The number of benzene rings is 1. The van der Waals surface area contributed by atoms with E-state index in [1.807, 2.05) is 24.3 Å². The molecule has 18 heavy (non-hydrogen) atoms. The lowest BCUT2D eigenvalue weighted by atomic mass is 10.1. The van der Waals surface area contributed by atoms with Crippen molar-refractivity contribution >= 4 is 27.7 Å². The quantitative estimate of drug-likeness (QED) is 0.877. The number of rotatable bonds is 1. The number of aryl methyl sites for hydroxylation is 1. The molecule has 1 aromatic carbocycles. The van der Waals surface area contributed by atoms with Crippen LogP contribution in [0.3, 0.4) is 0 Å². The van der Waals surface area contributed by atoms with Gasteiger partial charge in [-0.1, -0.05) is 28.1 Å². The first-order valence-corrected chi connectivity index (χ1v) is 7.64. The number of hydrogen-bond acceptors (Lipinski definition) is 3. The van der Waals surface area contributed by atoms with E-state index < -0.39 is 0 Å². The Morgan fingerprint density at radius 1 is 1.28 bits per heavy atom. The average molecular weight is 323 g/mol. The van der Waals surface area contributed by atoms with Crippen molar-refractivity contribution in [1.82, 2.24) is 9.97 Å². The Bertz CT molecular complexity index is 636. The largest absolute Gasteiger partial charge is 0.306 e. The summed E-state index contributed by atoms with van der Waals surface area (Å²) in [6.45, 7) is 0. The second kappa shape index (κ2) is 4.90. The predicted molar refractivity (Wildman–Crippen MR) is 77.9 cm³/mol. The van der Waals surface area contributed by atoms with Crippen LogP contribution in [0.5, 0.6) is 0 Å². The minimum Gasteiger partial charge on any atom is -0.306 e. The lowest BCUT2D eigenvalue weighted by Crippen LogP contribution is -2.21. The van der Waals surface area contributed by atoms with Crippen LogP contribution >= 0.6 is 27.7 Å². The maximum absolute atomic E-state index is 12.0. The van der Waals surface area contributed by atoms with Gasteiger partial charge in [0, 0.05) is 21.4 Å². The van der Waals surface area contributed by atoms with Crippen LogP contribution in [0, 0.1) is 0 Å². The van der Waals surface area contributed by atoms with Crippen LogP contribution in [0.1, 0.15) is 11.3 Å². The Hall–Kier alpha value is -1.07. The van der Waals surface area contributed by atoms with Crippen molar-refractivity contribution in [2.75, 3.05) is 5.75 Å². The zero-order valence-electron chi connectivity index (χ0n) is 9.57. The van der Waals surface area contributed by atoms with E-state index in [2.05, 4.69) is 25.9 Å². The summed E-state index contributed by atoms with van der Waals surface area (Å²) in [4.78, 5) is 19.5. The molecule has 0 unspecified atom stereocenters. The molecule has 0 bridgehead atoms. The van der Waals surface area contributed by atoms with Gasteiger partial charge in [-0.05, 0) is 24.3 Å². The number of nitrogens with zero attached hydrogens (tertiary/aromatic N) is 1. The number of fused-ring (bicyclic) bond motifs is 1. The molecule has 1 aromatic heterocycles. The average Bonchev–Trinajstić information content (AvgIpc) is 2.39. The lowest BCUT2D eigenvalue weighted by Gasteiger charge is -2.14. The highest BCUT2D eigenvalue weighted by Crippen LogP contribution is 2.23. The molecular formula is C13H11BrN2OS. The van der Waals surface area contributed by atoms with E-state index in [4.69, 9.17) is 0 Å². The first-order valence-electron chi connectivity index (χ1n) is 5.70. The Morgan fingerprint density at radius 2 is 2.06 bits per heavy atom. The summed E-state index contributed by atoms with van der Waals surface area (Å²) in [6, 6.07) is 7.80. The maximum atomic E-state index is 12.0. The van der Waals surface area contributed by atoms with Crippen molar-refractivity contribution in [3.8, 4) is 11.4 Å². The fourth-order valence-corrected chi connectivity index (χ4v) is 3.24. The van der Waals surface area contributed by atoms with E-state index in [1.165, 1.54) is 0 Å². The summed E-state index contributed by atoms with van der Waals surface area (Å²) in [5.74, 6) is 2.49. The zero-order chi connectivity index (χ0) is 12.5. The number of H-pyrrole nitrogens is 1. The molecule has 0 saturated carbocycles. The molecule has 0 spiro atoms. The second-order valence-corrected chi connectivity index (χ2v) is 6.17. The number of nitrogens with one attached hydrogen (secondary N) is 1. The molecule has 0 aliphatic carbocycles. The Kier molecular flexibility index (Phi) is 3.26. The van der Waals surface area contributed by atoms with E-state index in [1.54, 1.807) is 11.8 Å². The van der Waals surface area contributed by atoms with Crippen molar-refractivity contribution in [2.45, 2.75) is 12.2 Å². The van der Waals surface area contributed by atoms with Gasteiger partial charge < -0.3 is 4.98 Å². The van der Waals surface area contributed by atoms with Crippen molar-refractivity contribution in [1.29, 1.82) is 0 Å². The number of aromatic amines is 1. The molecule has 1 aliphatic heterocycles. The highest BCUT2D eigenvalue weighted by atomic mass is 79.9. The minimum absolute atomic E-state index is 0.00474. The van der Waals surface area contributed by atoms with Gasteiger partial charge in [0.1, 0.15) is 5.82 Å². The van der Waals surface area contributed by atoms with Crippen LogP contribution in [0.15, 0.2) is 33.5 Å². The zero-order valence-corrected chi connectivity index (χ0v) is 12.0. The van der Waals surface area contributed by atoms with Gasteiger partial charge in [0.05, 0.1) is 5.69 Å². The van der Waals surface area contributed by atoms with Gasteiger partial charge in [-0.15, -0.1) is 0 Å². The highest BCUT2D eigenvalue weighted by Gasteiger charge is 2.16. The molecule has 1 N–H and O–H groups in total. The molecular weight excluding hydrogens is 312 g/mol. The fraction of sp³-hybridized carbons (Fsp3) is 0.231. The van der Waals surface area contributed by atoms with Crippen LogP contribution in [-0.2, 0) is 12.2 Å². The fourth-order valence-electron chi connectivity index (χ4n) is 1.99. The predicted octanol–water partition coefficient (Wildman–Crippen LogP) is 2.99. The lowest BCUT2D eigenvalue weighted by molar-refractivity contribution is 0.938. The first-order chi connectivity index (χ1) is 8.74. The van der Waals surface area contributed by atoms with Gasteiger partial charge in [0.25, 0.3) is 5.56 Å². The molecule has 3 nitrogen and oxygen atoms in total. The smallest absolute Gasteiger partial charge is 0.255 e. The molecule has 0 fully saturated rings. The normalized spacial score (nSPS) is 14.3. The maximum Gasteiger partial charge on any atom is 0.255 e. The molecule has 3 rings (SSSR count). The first kappa shape index (κ1) is 12.0. The van der Waals surface area contributed by atoms with Gasteiger partial charge in [0.15, 0.2) is 0 Å². The van der Waals surface area contributed by atoms with Gasteiger partial charge >= 0.3 is 0 Å². The third-order valence-corrected chi connectivity index (χ3v) is 4.46. The van der Waals surface area contributed by atoms with E-state index in [9.17, 15) is 4.79 Å². The summed E-state index contributed by atoms with van der Waals surface area (Å²) in [5, 5.41) is 0. The van der Waals surface area contributed by atoms with Crippen LogP contribution in [0.2, 0.25) is 0 Å². The Labute approximate surface area is 117 Å². The van der Waals surface area contributed by atoms with Crippen molar-refractivity contribution in [2.24, 2.45) is 0 Å². The number of hydrogen-bond donors (Lipinski definition) is 1. The molecule has 1 aliphatic rings. The van der Waals surface area contributed by atoms with E-state index in [-0.39, 0.29) is 5.56 Å². The SMILES string of the molecule is O=c1[nH]c(-c2ccc(Br)cc2)nc2c1CSCC2. The van der Waals surface area contributed by atoms with E-state index in [0.717, 1.165) is 39.2 Å². The van der Waals surface area contributed by atoms with Crippen molar-refractivity contribution in [3.05, 3.63) is 50.3 Å². The standard InChI is InChI=1S/C13H11BrN2OS/c14-9-3-1-8(2-4-9)12-15-11-5-6-18-7-10(11)13(17)16-12/h1-4H,5-7H2,(H,15,16,17). The summed E-state index contributed by atoms with van der Waals surface area (Å²) >= 11 is 5.19. The number of aromatic nitrogens is 2. The van der Waals surface area contributed by atoms with Crippen molar-refractivity contribution < 1.29 is 0 Å². The molecule has 5 heteroatoms. The summed E-state index contributed by atoms with van der Waals surface area (Å²) in [5.41, 5.74) is 2.74.